The Morgan fingerprint density at radius 2 is 2.27 bits per heavy atom. The van der Waals surface area contributed by atoms with Crippen LogP contribution in [-0.4, -0.2) is 19.6 Å². The molecule has 0 saturated carbocycles. The number of aryl methyl sites for hydroxylation is 1. The van der Waals surface area contributed by atoms with E-state index in [1.54, 1.807) is 0 Å². The van der Waals surface area contributed by atoms with Crippen LogP contribution in [0.5, 0.6) is 5.75 Å². The van der Waals surface area contributed by atoms with E-state index in [2.05, 4.69) is 12.2 Å². The molecule has 15 heavy (non-hydrogen) atoms. The molecule has 3 N–H and O–H groups in total. The fraction of sp³-hybridized carbons (Fsp3) is 0.364. The van der Waals surface area contributed by atoms with Crippen molar-refractivity contribution in [2.75, 3.05) is 19.0 Å². The maximum Gasteiger partial charge on any atom is 0.255 e. The van der Waals surface area contributed by atoms with Crippen molar-refractivity contribution in [2.24, 2.45) is 5.73 Å². The van der Waals surface area contributed by atoms with Crippen LogP contribution < -0.4 is 15.8 Å². The Kier molecular flexibility index (Phi) is 3.97. The molecule has 0 spiro atoms. The molecular formula is C11H16N2O2. The lowest BCUT2D eigenvalue weighted by molar-refractivity contribution is -0.119. The molecule has 0 heterocycles. The third-order valence-corrected chi connectivity index (χ3v) is 2.09. The Morgan fingerprint density at radius 3 is 2.80 bits per heavy atom. The molecule has 0 saturated heterocycles. The Hall–Kier alpha value is -1.71. The number of nitrogens with one attached hydrogen (secondary N) is 1. The highest BCUT2D eigenvalue weighted by Crippen LogP contribution is 2.25. The van der Waals surface area contributed by atoms with Gasteiger partial charge in [-0.3, -0.25) is 4.79 Å². The molecule has 1 amide bonds. The summed E-state index contributed by atoms with van der Waals surface area (Å²) in [7, 11) is 1.81. The standard InChI is InChI=1S/C11H16N2O2/c1-3-8-4-5-10(9(6-8)13-2)15-7-11(12)14/h4-6,13H,3,7H2,1-2H3,(H2,12,14). The van der Waals surface area contributed by atoms with E-state index in [0.29, 0.717) is 5.75 Å². The summed E-state index contributed by atoms with van der Waals surface area (Å²) in [4.78, 5) is 10.6. The van der Waals surface area contributed by atoms with Crippen molar-refractivity contribution in [3.63, 3.8) is 0 Å². The van der Waals surface area contributed by atoms with Crippen LogP contribution in [-0.2, 0) is 11.2 Å². The summed E-state index contributed by atoms with van der Waals surface area (Å²) in [5.74, 6) is 0.171. The number of carbonyl (C=O) groups excluding carboxylic acids is 1. The molecule has 4 heteroatoms. The number of rotatable bonds is 5. The lowest BCUT2D eigenvalue weighted by Crippen LogP contribution is -2.20. The molecule has 0 unspecified atom stereocenters. The van der Waals surface area contributed by atoms with Gasteiger partial charge >= 0.3 is 0 Å². The Balaban J connectivity index is 2.82. The second-order valence-corrected chi connectivity index (χ2v) is 3.19. The van der Waals surface area contributed by atoms with Gasteiger partial charge in [0.2, 0.25) is 0 Å². The van der Waals surface area contributed by atoms with Crippen LogP contribution in [0.25, 0.3) is 0 Å². The Morgan fingerprint density at radius 1 is 1.53 bits per heavy atom. The van der Waals surface area contributed by atoms with Gasteiger partial charge in [0.1, 0.15) is 5.75 Å². The molecule has 4 nitrogen and oxygen atoms in total. The number of hydrogen-bond acceptors (Lipinski definition) is 3. The average molecular weight is 208 g/mol. The number of nitrogens with two attached hydrogens (primary N) is 1. The van der Waals surface area contributed by atoms with E-state index >= 15 is 0 Å². The second-order valence-electron chi connectivity index (χ2n) is 3.19. The topological polar surface area (TPSA) is 64.3 Å². The fourth-order valence-corrected chi connectivity index (χ4v) is 1.27. The fourth-order valence-electron chi connectivity index (χ4n) is 1.27. The van der Waals surface area contributed by atoms with Crippen LogP contribution in [0.2, 0.25) is 0 Å². The minimum absolute atomic E-state index is 0.0971. The summed E-state index contributed by atoms with van der Waals surface area (Å²) in [6, 6.07) is 5.81. The minimum Gasteiger partial charge on any atom is -0.482 e. The lowest BCUT2D eigenvalue weighted by Gasteiger charge is -2.11. The Labute approximate surface area is 89.4 Å². The zero-order valence-corrected chi connectivity index (χ0v) is 9.04. The van der Waals surface area contributed by atoms with Crippen LogP contribution in [0.3, 0.4) is 0 Å². The van der Waals surface area contributed by atoms with Gasteiger partial charge in [0.25, 0.3) is 5.91 Å². The molecule has 0 aliphatic carbocycles. The SMILES string of the molecule is CCc1ccc(OCC(N)=O)c(NC)c1. The summed E-state index contributed by atoms with van der Waals surface area (Å²) in [5, 5.41) is 3.02. The number of hydrogen-bond donors (Lipinski definition) is 2. The monoisotopic (exact) mass is 208 g/mol. The molecular weight excluding hydrogens is 192 g/mol. The van der Waals surface area contributed by atoms with Gasteiger partial charge in [-0.1, -0.05) is 13.0 Å². The summed E-state index contributed by atoms with van der Waals surface area (Å²) in [6.45, 7) is 1.98. The van der Waals surface area contributed by atoms with Gasteiger partial charge < -0.3 is 15.8 Å². The first-order valence-electron chi connectivity index (χ1n) is 4.89. The van der Waals surface area contributed by atoms with Gasteiger partial charge in [-0.05, 0) is 24.1 Å². The van der Waals surface area contributed by atoms with Crippen molar-refractivity contribution in [1.29, 1.82) is 0 Å². The zero-order valence-electron chi connectivity index (χ0n) is 9.04. The molecule has 0 aliphatic heterocycles. The van der Waals surface area contributed by atoms with Gasteiger partial charge in [0, 0.05) is 7.05 Å². The van der Waals surface area contributed by atoms with Crippen LogP contribution in [0.1, 0.15) is 12.5 Å². The zero-order chi connectivity index (χ0) is 11.3. The predicted molar refractivity (Wildman–Crippen MR) is 60.1 cm³/mol. The molecule has 0 fully saturated rings. The summed E-state index contributed by atoms with van der Waals surface area (Å²) in [6.07, 6.45) is 0.963. The largest absolute Gasteiger partial charge is 0.482 e. The van der Waals surface area contributed by atoms with Crippen molar-refractivity contribution >= 4 is 11.6 Å². The maximum atomic E-state index is 10.6. The van der Waals surface area contributed by atoms with E-state index in [4.69, 9.17) is 10.5 Å². The number of anilines is 1. The van der Waals surface area contributed by atoms with Crippen molar-refractivity contribution in [3.05, 3.63) is 23.8 Å². The molecule has 1 rings (SSSR count). The van der Waals surface area contributed by atoms with E-state index in [0.717, 1.165) is 12.1 Å². The van der Waals surface area contributed by atoms with E-state index in [-0.39, 0.29) is 6.61 Å². The van der Waals surface area contributed by atoms with Crippen LogP contribution in [0, 0.1) is 0 Å². The van der Waals surface area contributed by atoms with Gasteiger partial charge in [0.05, 0.1) is 5.69 Å². The third kappa shape index (κ3) is 3.16. The quantitative estimate of drug-likeness (QED) is 0.763. The molecule has 0 radical (unpaired) electrons. The van der Waals surface area contributed by atoms with Crippen LogP contribution in [0.4, 0.5) is 5.69 Å². The highest BCUT2D eigenvalue weighted by molar-refractivity contribution is 5.75. The highest BCUT2D eigenvalue weighted by atomic mass is 16.5. The normalized spacial score (nSPS) is 9.73. The molecule has 0 bridgehead atoms. The first kappa shape index (κ1) is 11.4. The maximum absolute atomic E-state index is 10.6. The lowest BCUT2D eigenvalue weighted by atomic mass is 10.1. The first-order chi connectivity index (χ1) is 7.17. The predicted octanol–water partition coefficient (Wildman–Crippen LogP) is 1.15. The minimum atomic E-state index is -0.475. The third-order valence-electron chi connectivity index (χ3n) is 2.09. The van der Waals surface area contributed by atoms with Crippen molar-refractivity contribution in [3.8, 4) is 5.75 Å². The van der Waals surface area contributed by atoms with Crippen molar-refractivity contribution in [2.45, 2.75) is 13.3 Å². The number of benzene rings is 1. The van der Waals surface area contributed by atoms with Gasteiger partial charge in [0.15, 0.2) is 6.61 Å². The number of primary amides is 1. The summed E-state index contributed by atoms with van der Waals surface area (Å²) in [5.41, 5.74) is 7.09. The molecule has 0 aromatic heterocycles. The van der Waals surface area contributed by atoms with Crippen LogP contribution >= 0.6 is 0 Å². The number of carbonyl (C=O) groups is 1. The molecule has 1 aromatic carbocycles. The first-order valence-corrected chi connectivity index (χ1v) is 4.89. The number of amides is 1. The number of ether oxygens (including phenoxy) is 1. The van der Waals surface area contributed by atoms with Gasteiger partial charge in [-0.25, -0.2) is 0 Å². The van der Waals surface area contributed by atoms with Crippen molar-refractivity contribution in [1.82, 2.24) is 0 Å². The summed E-state index contributed by atoms with van der Waals surface area (Å²) < 4.78 is 5.25. The molecule has 1 aromatic rings. The highest BCUT2D eigenvalue weighted by Gasteiger charge is 2.04. The van der Waals surface area contributed by atoms with E-state index < -0.39 is 5.91 Å². The van der Waals surface area contributed by atoms with E-state index in [1.807, 2.05) is 25.2 Å². The molecule has 0 atom stereocenters. The van der Waals surface area contributed by atoms with Gasteiger partial charge in [-0.2, -0.15) is 0 Å². The molecule has 82 valence electrons. The van der Waals surface area contributed by atoms with Crippen LogP contribution in [0.15, 0.2) is 18.2 Å². The van der Waals surface area contributed by atoms with E-state index in [1.165, 1.54) is 5.56 Å². The Bertz CT molecular complexity index is 350. The van der Waals surface area contributed by atoms with E-state index in [9.17, 15) is 4.79 Å². The van der Waals surface area contributed by atoms with Gasteiger partial charge in [-0.15, -0.1) is 0 Å². The average Bonchev–Trinajstić information content (AvgIpc) is 2.25. The second kappa shape index (κ2) is 5.24. The molecule has 0 aliphatic rings. The smallest absolute Gasteiger partial charge is 0.255 e. The summed E-state index contributed by atoms with van der Waals surface area (Å²) >= 11 is 0. The van der Waals surface area contributed by atoms with Crippen molar-refractivity contribution < 1.29 is 9.53 Å².